The first-order valence-corrected chi connectivity index (χ1v) is 4.95. The van der Waals surface area contributed by atoms with Gasteiger partial charge in [0, 0.05) is 25.6 Å². The molecule has 1 saturated carbocycles. The summed E-state index contributed by atoms with van der Waals surface area (Å²) in [6.07, 6.45) is 5.11. The van der Waals surface area contributed by atoms with Crippen LogP contribution in [-0.2, 0) is 9.53 Å². The molecule has 2 nitrogen and oxygen atoms in total. The van der Waals surface area contributed by atoms with Crippen molar-refractivity contribution >= 4 is 5.78 Å². The molecule has 1 fully saturated rings. The fourth-order valence-corrected chi connectivity index (χ4v) is 1.26. The minimum Gasteiger partial charge on any atom is -0.382 e. The minimum atomic E-state index is 0.442. The number of ether oxygens (including phenoxy) is 1. The first-order chi connectivity index (χ1) is 5.84. The maximum absolute atomic E-state index is 11.2. The van der Waals surface area contributed by atoms with Gasteiger partial charge in [0.2, 0.25) is 0 Å². The van der Waals surface area contributed by atoms with E-state index in [0.717, 1.165) is 45.3 Å². The Bertz CT molecular complexity index is 139. The van der Waals surface area contributed by atoms with Gasteiger partial charge in [-0.1, -0.05) is 0 Å². The maximum Gasteiger partial charge on any atom is 0.135 e. The molecule has 0 aromatic rings. The molecule has 1 rings (SSSR count). The second-order valence-corrected chi connectivity index (χ2v) is 3.39. The van der Waals surface area contributed by atoms with E-state index in [1.54, 1.807) is 0 Å². The molecular weight excluding hydrogens is 152 g/mol. The highest BCUT2D eigenvalue weighted by Crippen LogP contribution is 2.31. The van der Waals surface area contributed by atoms with E-state index in [1.165, 1.54) is 0 Å². The highest BCUT2D eigenvalue weighted by molar-refractivity contribution is 5.82. The van der Waals surface area contributed by atoms with Crippen molar-refractivity contribution in [1.29, 1.82) is 0 Å². The van der Waals surface area contributed by atoms with Gasteiger partial charge in [-0.2, -0.15) is 0 Å². The number of carbonyl (C=O) groups is 1. The second-order valence-electron chi connectivity index (χ2n) is 3.39. The smallest absolute Gasteiger partial charge is 0.135 e. The molecule has 0 aromatic heterocycles. The van der Waals surface area contributed by atoms with Crippen molar-refractivity contribution in [2.24, 2.45) is 5.92 Å². The van der Waals surface area contributed by atoms with Crippen LogP contribution in [-0.4, -0.2) is 19.0 Å². The molecule has 0 spiro atoms. The van der Waals surface area contributed by atoms with Gasteiger partial charge in [-0.05, 0) is 32.6 Å². The van der Waals surface area contributed by atoms with Crippen molar-refractivity contribution in [3.05, 3.63) is 0 Å². The zero-order valence-electron chi connectivity index (χ0n) is 7.84. The number of Topliss-reactive ketones (excluding diaryl/α,β-unsaturated/α-hetero) is 1. The lowest BCUT2D eigenvalue weighted by Crippen LogP contribution is -2.01. The minimum absolute atomic E-state index is 0.442. The van der Waals surface area contributed by atoms with Crippen LogP contribution in [0.4, 0.5) is 0 Å². The van der Waals surface area contributed by atoms with Crippen LogP contribution in [0.3, 0.4) is 0 Å². The number of hydrogen-bond donors (Lipinski definition) is 0. The Balaban J connectivity index is 1.84. The molecule has 1 aliphatic carbocycles. The average molecular weight is 170 g/mol. The molecule has 0 atom stereocenters. The van der Waals surface area contributed by atoms with Crippen molar-refractivity contribution in [2.45, 2.75) is 39.0 Å². The fourth-order valence-electron chi connectivity index (χ4n) is 1.26. The van der Waals surface area contributed by atoms with E-state index in [1.807, 2.05) is 6.92 Å². The molecule has 0 unspecified atom stereocenters. The lowest BCUT2D eigenvalue weighted by Gasteiger charge is -2.00. The Morgan fingerprint density at radius 2 is 2.17 bits per heavy atom. The van der Waals surface area contributed by atoms with Crippen LogP contribution in [0.5, 0.6) is 0 Å². The summed E-state index contributed by atoms with van der Waals surface area (Å²) >= 11 is 0. The summed E-state index contributed by atoms with van der Waals surface area (Å²) in [7, 11) is 0. The number of unbranched alkanes of at least 4 members (excludes halogenated alkanes) is 1. The summed E-state index contributed by atoms with van der Waals surface area (Å²) in [5.41, 5.74) is 0. The Morgan fingerprint density at radius 1 is 1.42 bits per heavy atom. The summed E-state index contributed by atoms with van der Waals surface area (Å²) in [5.74, 6) is 0.920. The molecule has 70 valence electrons. The van der Waals surface area contributed by atoms with Crippen molar-refractivity contribution in [2.75, 3.05) is 13.2 Å². The third-order valence-corrected chi connectivity index (χ3v) is 2.20. The van der Waals surface area contributed by atoms with Gasteiger partial charge >= 0.3 is 0 Å². The summed E-state index contributed by atoms with van der Waals surface area (Å²) in [4.78, 5) is 11.2. The average Bonchev–Trinajstić information content (AvgIpc) is 2.86. The van der Waals surface area contributed by atoms with E-state index >= 15 is 0 Å². The van der Waals surface area contributed by atoms with Crippen LogP contribution in [0.2, 0.25) is 0 Å². The van der Waals surface area contributed by atoms with Crippen LogP contribution >= 0.6 is 0 Å². The molecule has 2 heteroatoms. The fraction of sp³-hybridized carbons (Fsp3) is 0.900. The van der Waals surface area contributed by atoms with Crippen molar-refractivity contribution < 1.29 is 9.53 Å². The first-order valence-electron chi connectivity index (χ1n) is 4.95. The van der Waals surface area contributed by atoms with Gasteiger partial charge in [-0.15, -0.1) is 0 Å². The first kappa shape index (κ1) is 9.72. The summed E-state index contributed by atoms with van der Waals surface area (Å²) in [6.45, 7) is 3.60. The standard InChI is InChI=1S/C10H18O2/c1-2-12-8-4-3-5-10(11)9-6-7-9/h9H,2-8H2,1H3. The third-order valence-electron chi connectivity index (χ3n) is 2.20. The molecule has 0 amide bonds. The highest BCUT2D eigenvalue weighted by atomic mass is 16.5. The second kappa shape index (κ2) is 5.31. The van der Waals surface area contributed by atoms with Gasteiger partial charge in [0.1, 0.15) is 5.78 Å². The topological polar surface area (TPSA) is 26.3 Å². The SMILES string of the molecule is CCOCCCCC(=O)C1CC1. The number of rotatable bonds is 7. The monoisotopic (exact) mass is 170 g/mol. The lowest BCUT2D eigenvalue weighted by molar-refractivity contribution is -0.120. The quantitative estimate of drug-likeness (QED) is 0.547. The summed E-state index contributed by atoms with van der Waals surface area (Å²) in [6, 6.07) is 0. The molecular formula is C10H18O2. The van der Waals surface area contributed by atoms with E-state index in [9.17, 15) is 4.79 Å². The molecule has 0 heterocycles. The van der Waals surface area contributed by atoms with Crippen molar-refractivity contribution in [3.63, 3.8) is 0 Å². The zero-order valence-corrected chi connectivity index (χ0v) is 7.84. The molecule has 0 radical (unpaired) electrons. The predicted molar refractivity (Wildman–Crippen MR) is 48.1 cm³/mol. The normalized spacial score (nSPS) is 16.4. The van der Waals surface area contributed by atoms with Gasteiger partial charge in [-0.25, -0.2) is 0 Å². The van der Waals surface area contributed by atoms with Crippen LogP contribution in [0, 0.1) is 5.92 Å². The number of ketones is 1. The lowest BCUT2D eigenvalue weighted by atomic mass is 10.1. The van der Waals surface area contributed by atoms with Crippen LogP contribution in [0.25, 0.3) is 0 Å². The molecule has 0 aromatic carbocycles. The van der Waals surface area contributed by atoms with Gasteiger partial charge in [0.05, 0.1) is 0 Å². The summed E-state index contributed by atoms with van der Waals surface area (Å²) in [5, 5.41) is 0. The molecule has 12 heavy (non-hydrogen) atoms. The van der Waals surface area contributed by atoms with E-state index in [4.69, 9.17) is 4.74 Å². The van der Waals surface area contributed by atoms with Crippen LogP contribution in [0.15, 0.2) is 0 Å². The Hall–Kier alpha value is -0.370. The van der Waals surface area contributed by atoms with Gasteiger partial charge in [-0.3, -0.25) is 4.79 Å². The van der Waals surface area contributed by atoms with Crippen molar-refractivity contribution in [1.82, 2.24) is 0 Å². The third kappa shape index (κ3) is 3.86. The maximum atomic E-state index is 11.2. The zero-order chi connectivity index (χ0) is 8.81. The molecule has 0 bridgehead atoms. The predicted octanol–water partition coefficient (Wildman–Crippen LogP) is 2.17. The Morgan fingerprint density at radius 3 is 2.75 bits per heavy atom. The highest BCUT2D eigenvalue weighted by Gasteiger charge is 2.28. The molecule has 0 aliphatic heterocycles. The van der Waals surface area contributed by atoms with E-state index in [2.05, 4.69) is 0 Å². The van der Waals surface area contributed by atoms with Crippen LogP contribution < -0.4 is 0 Å². The summed E-state index contributed by atoms with van der Waals surface area (Å²) < 4.78 is 5.18. The van der Waals surface area contributed by atoms with Gasteiger partial charge < -0.3 is 4.74 Å². The largest absolute Gasteiger partial charge is 0.382 e. The van der Waals surface area contributed by atoms with Crippen LogP contribution in [0.1, 0.15) is 39.0 Å². The van der Waals surface area contributed by atoms with E-state index < -0.39 is 0 Å². The number of carbonyl (C=O) groups excluding carboxylic acids is 1. The Kier molecular flexibility index (Phi) is 4.30. The van der Waals surface area contributed by atoms with Gasteiger partial charge in [0.25, 0.3) is 0 Å². The molecule has 0 saturated heterocycles. The van der Waals surface area contributed by atoms with Gasteiger partial charge in [0.15, 0.2) is 0 Å². The number of hydrogen-bond acceptors (Lipinski definition) is 2. The van der Waals surface area contributed by atoms with E-state index in [0.29, 0.717) is 11.7 Å². The molecule has 0 N–H and O–H groups in total. The van der Waals surface area contributed by atoms with E-state index in [-0.39, 0.29) is 0 Å². The van der Waals surface area contributed by atoms with Crippen molar-refractivity contribution in [3.8, 4) is 0 Å². The Labute approximate surface area is 74.3 Å². The molecule has 1 aliphatic rings.